The van der Waals surface area contributed by atoms with Crippen LogP contribution in [-0.4, -0.2) is 31.0 Å². The lowest BCUT2D eigenvalue weighted by Crippen LogP contribution is -2.10. The van der Waals surface area contributed by atoms with Crippen molar-refractivity contribution in [1.29, 1.82) is 0 Å². The fourth-order valence-electron chi connectivity index (χ4n) is 2.28. The third kappa shape index (κ3) is 2.35. The van der Waals surface area contributed by atoms with Gasteiger partial charge in [-0.15, -0.1) is 0 Å². The molecule has 100 valence electrons. The molecule has 5 nitrogen and oxygen atoms in total. The summed E-state index contributed by atoms with van der Waals surface area (Å²) in [6, 6.07) is 7.50. The molecule has 0 saturated carbocycles. The zero-order valence-electron chi connectivity index (χ0n) is 10.6. The molecule has 19 heavy (non-hydrogen) atoms. The maximum atomic E-state index is 11.7. The number of rotatable bonds is 2. The van der Waals surface area contributed by atoms with Gasteiger partial charge in [-0.05, 0) is 24.6 Å². The van der Waals surface area contributed by atoms with E-state index in [0.717, 1.165) is 36.3 Å². The second kappa shape index (κ2) is 4.38. The number of hydrogen-bond acceptors (Lipinski definition) is 4. The summed E-state index contributed by atoms with van der Waals surface area (Å²) in [6.07, 6.45) is 4.81. The van der Waals surface area contributed by atoms with Crippen molar-refractivity contribution < 1.29 is 8.42 Å². The van der Waals surface area contributed by atoms with Crippen LogP contribution >= 0.6 is 0 Å². The van der Waals surface area contributed by atoms with Crippen LogP contribution in [0.2, 0.25) is 0 Å². The Morgan fingerprint density at radius 1 is 1.32 bits per heavy atom. The SMILES string of the molecule is CS(=O)(=O)n1ccc2ccc(NC3=NCCC3)cc21. The van der Waals surface area contributed by atoms with E-state index in [9.17, 15) is 8.42 Å². The second-order valence-electron chi connectivity index (χ2n) is 4.71. The van der Waals surface area contributed by atoms with Crippen LogP contribution in [0.5, 0.6) is 0 Å². The Bertz CT molecular complexity index is 759. The molecule has 0 radical (unpaired) electrons. The molecule has 0 atom stereocenters. The minimum absolute atomic E-state index is 0.686. The minimum atomic E-state index is -3.27. The first kappa shape index (κ1) is 12.2. The van der Waals surface area contributed by atoms with Crippen LogP contribution in [0.1, 0.15) is 12.8 Å². The molecule has 1 aromatic heterocycles. The van der Waals surface area contributed by atoms with Gasteiger partial charge in [0.1, 0.15) is 5.84 Å². The molecule has 2 aromatic rings. The van der Waals surface area contributed by atoms with Gasteiger partial charge in [0, 0.05) is 30.2 Å². The third-order valence-electron chi connectivity index (χ3n) is 3.18. The van der Waals surface area contributed by atoms with Gasteiger partial charge in [0.15, 0.2) is 0 Å². The van der Waals surface area contributed by atoms with Crippen molar-refractivity contribution in [3.05, 3.63) is 30.5 Å². The highest BCUT2D eigenvalue weighted by Crippen LogP contribution is 2.22. The highest BCUT2D eigenvalue weighted by molar-refractivity contribution is 7.89. The Morgan fingerprint density at radius 2 is 2.16 bits per heavy atom. The van der Waals surface area contributed by atoms with E-state index < -0.39 is 10.0 Å². The van der Waals surface area contributed by atoms with Crippen LogP contribution in [0.15, 0.2) is 35.5 Å². The minimum Gasteiger partial charge on any atom is -0.344 e. The molecular weight excluding hydrogens is 262 g/mol. The van der Waals surface area contributed by atoms with Gasteiger partial charge < -0.3 is 5.32 Å². The molecule has 0 amide bonds. The monoisotopic (exact) mass is 277 g/mol. The van der Waals surface area contributed by atoms with Gasteiger partial charge in [0.2, 0.25) is 10.0 Å². The van der Waals surface area contributed by atoms with Crippen LogP contribution in [0.25, 0.3) is 10.9 Å². The molecule has 3 rings (SSSR count). The lowest BCUT2D eigenvalue weighted by Gasteiger charge is -2.07. The van der Waals surface area contributed by atoms with E-state index in [0.29, 0.717) is 5.52 Å². The summed E-state index contributed by atoms with van der Waals surface area (Å²) in [7, 11) is -3.27. The number of amidine groups is 1. The first-order chi connectivity index (χ1) is 9.04. The van der Waals surface area contributed by atoms with Crippen molar-refractivity contribution in [1.82, 2.24) is 3.97 Å². The molecule has 1 aliphatic heterocycles. The van der Waals surface area contributed by atoms with Crippen LogP contribution < -0.4 is 5.32 Å². The van der Waals surface area contributed by atoms with Crippen molar-refractivity contribution in [2.75, 3.05) is 18.1 Å². The standard InChI is InChI=1S/C13H15N3O2S/c1-19(17,18)16-8-6-10-4-5-11(9-12(10)16)15-13-3-2-7-14-13/h4-6,8-9H,2-3,7H2,1H3,(H,14,15). The van der Waals surface area contributed by atoms with Crippen molar-refractivity contribution >= 4 is 32.4 Å². The van der Waals surface area contributed by atoms with Gasteiger partial charge in [0.05, 0.1) is 11.8 Å². The number of nitrogens with zero attached hydrogens (tertiary/aromatic N) is 2. The smallest absolute Gasteiger partial charge is 0.236 e. The number of nitrogens with one attached hydrogen (secondary N) is 1. The molecule has 0 spiro atoms. The van der Waals surface area contributed by atoms with Crippen LogP contribution in [0.3, 0.4) is 0 Å². The van der Waals surface area contributed by atoms with E-state index in [-0.39, 0.29) is 0 Å². The van der Waals surface area contributed by atoms with Gasteiger partial charge >= 0.3 is 0 Å². The predicted molar refractivity (Wildman–Crippen MR) is 77.3 cm³/mol. The molecule has 6 heteroatoms. The molecule has 1 aliphatic rings. The van der Waals surface area contributed by atoms with Gasteiger partial charge in [-0.1, -0.05) is 6.07 Å². The van der Waals surface area contributed by atoms with E-state index >= 15 is 0 Å². The van der Waals surface area contributed by atoms with Crippen molar-refractivity contribution in [3.63, 3.8) is 0 Å². The number of aliphatic imine (C=N–C) groups is 1. The lowest BCUT2D eigenvalue weighted by atomic mass is 10.2. The van der Waals surface area contributed by atoms with E-state index in [1.165, 1.54) is 10.2 Å². The molecule has 0 fully saturated rings. The summed E-state index contributed by atoms with van der Waals surface area (Å²) in [5, 5.41) is 4.15. The maximum Gasteiger partial charge on any atom is 0.236 e. The number of hydrogen-bond donors (Lipinski definition) is 1. The summed E-state index contributed by atoms with van der Waals surface area (Å²) in [5.74, 6) is 0.969. The van der Waals surface area contributed by atoms with Crippen LogP contribution in [0.4, 0.5) is 5.69 Å². The normalized spacial score (nSPS) is 15.7. The largest absolute Gasteiger partial charge is 0.344 e. The fraction of sp³-hybridized carbons (Fsp3) is 0.308. The maximum absolute atomic E-state index is 11.7. The summed E-state index contributed by atoms with van der Waals surface area (Å²) in [5.41, 5.74) is 1.56. The molecule has 0 saturated heterocycles. The predicted octanol–water partition coefficient (Wildman–Crippen LogP) is 2.05. The highest BCUT2D eigenvalue weighted by atomic mass is 32.2. The number of fused-ring (bicyclic) bond motifs is 1. The molecule has 0 unspecified atom stereocenters. The summed E-state index contributed by atoms with van der Waals surface area (Å²) >= 11 is 0. The second-order valence-corrected chi connectivity index (χ2v) is 6.56. The quantitative estimate of drug-likeness (QED) is 0.913. The molecule has 0 bridgehead atoms. The zero-order valence-corrected chi connectivity index (χ0v) is 11.4. The number of aromatic nitrogens is 1. The molecule has 1 N–H and O–H groups in total. The van der Waals surface area contributed by atoms with E-state index in [2.05, 4.69) is 10.3 Å². The Balaban J connectivity index is 2.04. The van der Waals surface area contributed by atoms with E-state index in [1.807, 2.05) is 18.2 Å². The van der Waals surface area contributed by atoms with Crippen LogP contribution in [0, 0.1) is 0 Å². The number of benzene rings is 1. The summed E-state index contributed by atoms with van der Waals surface area (Å²) in [4.78, 5) is 4.35. The molecule has 2 heterocycles. The Morgan fingerprint density at radius 3 is 2.84 bits per heavy atom. The average molecular weight is 277 g/mol. The first-order valence-electron chi connectivity index (χ1n) is 6.16. The Kier molecular flexibility index (Phi) is 2.82. The Hall–Kier alpha value is -1.82. The van der Waals surface area contributed by atoms with E-state index in [4.69, 9.17) is 0 Å². The molecule has 0 aliphatic carbocycles. The van der Waals surface area contributed by atoms with Gasteiger partial charge in [0.25, 0.3) is 0 Å². The molecule has 1 aromatic carbocycles. The van der Waals surface area contributed by atoms with Crippen LogP contribution in [-0.2, 0) is 10.0 Å². The Labute approximate surface area is 112 Å². The fourth-order valence-corrected chi connectivity index (χ4v) is 3.08. The van der Waals surface area contributed by atoms with Gasteiger partial charge in [-0.2, -0.15) is 0 Å². The van der Waals surface area contributed by atoms with Gasteiger partial charge in [-0.3, -0.25) is 4.99 Å². The average Bonchev–Trinajstić information content (AvgIpc) is 2.95. The third-order valence-corrected chi connectivity index (χ3v) is 4.21. The summed E-state index contributed by atoms with van der Waals surface area (Å²) in [6.45, 7) is 0.865. The molecular formula is C13H15N3O2S. The van der Waals surface area contributed by atoms with E-state index in [1.54, 1.807) is 12.3 Å². The van der Waals surface area contributed by atoms with Crippen molar-refractivity contribution in [2.45, 2.75) is 12.8 Å². The van der Waals surface area contributed by atoms with Crippen molar-refractivity contribution in [2.24, 2.45) is 4.99 Å². The van der Waals surface area contributed by atoms with Gasteiger partial charge in [-0.25, -0.2) is 12.4 Å². The van der Waals surface area contributed by atoms with Crippen molar-refractivity contribution in [3.8, 4) is 0 Å². The topological polar surface area (TPSA) is 63.5 Å². The summed E-state index contributed by atoms with van der Waals surface area (Å²) < 4.78 is 24.7. The zero-order chi connectivity index (χ0) is 13.5. The highest BCUT2D eigenvalue weighted by Gasteiger charge is 2.11. The number of anilines is 1. The first-order valence-corrected chi connectivity index (χ1v) is 8.01. The lowest BCUT2D eigenvalue weighted by molar-refractivity contribution is 0.595.